The summed E-state index contributed by atoms with van der Waals surface area (Å²) in [5, 5.41) is 11.8. The number of benzene rings is 6. The van der Waals surface area contributed by atoms with Crippen LogP contribution in [0.4, 0.5) is 5.69 Å². The molecule has 2 nitrogen and oxygen atoms in total. The molecule has 0 radical (unpaired) electrons. The molecule has 0 saturated heterocycles. The fourth-order valence-electron chi connectivity index (χ4n) is 5.78. The van der Waals surface area contributed by atoms with Crippen LogP contribution < -0.4 is 0 Å². The summed E-state index contributed by atoms with van der Waals surface area (Å²) in [6.07, 6.45) is 0. The Morgan fingerprint density at radius 1 is 0.500 bits per heavy atom. The molecule has 0 fully saturated rings. The highest BCUT2D eigenvalue weighted by molar-refractivity contribution is 6.23. The first-order valence-electron chi connectivity index (χ1n) is 12.5. The molecule has 38 heavy (non-hydrogen) atoms. The van der Waals surface area contributed by atoms with Gasteiger partial charge in [-0.25, -0.2) is 4.85 Å². The van der Waals surface area contributed by atoms with Crippen LogP contribution in [0, 0.1) is 17.9 Å². The van der Waals surface area contributed by atoms with Crippen molar-refractivity contribution in [3.8, 4) is 61.7 Å². The van der Waals surface area contributed by atoms with Gasteiger partial charge in [0.2, 0.25) is 0 Å². The van der Waals surface area contributed by atoms with E-state index in [1.807, 2.05) is 48.5 Å². The monoisotopic (exact) mass is 480 g/mol. The molecular weight excluding hydrogens is 460 g/mol. The van der Waals surface area contributed by atoms with E-state index in [0.717, 1.165) is 22.3 Å². The molecular formula is C36H20N2. The van der Waals surface area contributed by atoms with Crippen LogP contribution in [0.1, 0.15) is 5.56 Å². The number of rotatable bonds is 3. The van der Waals surface area contributed by atoms with E-state index in [4.69, 9.17) is 6.57 Å². The molecule has 6 aromatic carbocycles. The van der Waals surface area contributed by atoms with Crippen molar-refractivity contribution >= 4 is 16.5 Å². The predicted octanol–water partition coefficient (Wildman–Crippen LogP) is 9.91. The minimum atomic E-state index is 0.637. The van der Waals surface area contributed by atoms with Gasteiger partial charge in [-0.15, -0.1) is 0 Å². The fraction of sp³-hybridized carbons (Fsp3) is 0. The lowest BCUT2D eigenvalue weighted by Crippen LogP contribution is -1.90. The molecule has 2 heteroatoms. The van der Waals surface area contributed by atoms with Gasteiger partial charge in [0.25, 0.3) is 0 Å². The van der Waals surface area contributed by atoms with Crippen molar-refractivity contribution in [3.05, 3.63) is 138 Å². The van der Waals surface area contributed by atoms with E-state index >= 15 is 0 Å². The highest BCUT2D eigenvalue weighted by Crippen LogP contribution is 2.55. The lowest BCUT2D eigenvalue weighted by atomic mass is 9.87. The van der Waals surface area contributed by atoms with Crippen molar-refractivity contribution in [2.75, 3.05) is 0 Å². The molecule has 0 saturated carbocycles. The maximum absolute atomic E-state index is 9.33. The van der Waals surface area contributed by atoms with E-state index < -0.39 is 0 Å². The molecule has 0 N–H and O–H groups in total. The van der Waals surface area contributed by atoms with Gasteiger partial charge in [0.1, 0.15) is 0 Å². The summed E-state index contributed by atoms with van der Waals surface area (Å²) in [7, 11) is 0. The van der Waals surface area contributed by atoms with E-state index in [0.29, 0.717) is 11.3 Å². The molecule has 174 valence electrons. The van der Waals surface area contributed by atoms with Gasteiger partial charge in [-0.3, -0.25) is 0 Å². The van der Waals surface area contributed by atoms with Crippen LogP contribution in [0.25, 0.3) is 71.3 Å². The first-order valence-corrected chi connectivity index (χ1v) is 12.5. The molecule has 0 heterocycles. The number of hydrogen-bond donors (Lipinski definition) is 0. The van der Waals surface area contributed by atoms with Gasteiger partial charge in [-0.05, 0) is 78.5 Å². The molecule has 0 aliphatic heterocycles. The Balaban J connectivity index is 1.55. The normalized spacial score (nSPS) is 11.1. The van der Waals surface area contributed by atoms with Gasteiger partial charge < -0.3 is 0 Å². The van der Waals surface area contributed by atoms with Crippen LogP contribution in [-0.2, 0) is 0 Å². The predicted molar refractivity (Wildman–Crippen MR) is 156 cm³/mol. The lowest BCUT2D eigenvalue weighted by Gasteiger charge is -2.16. The maximum atomic E-state index is 9.33. The summed E-state index contributed by atoms with van der Waals surface area (Å²) in [6.45, 7) is 7.35. The Morgan fingerprint density at radius 2 is 1.05 bits per heavy atom. The third-order valence-corrected chi connectivity index (χ3v) is 7.50. The van der Waals surface area contributed by atoms with Gasteiger partial charge in [-0.2, -0.15) is 5.26 Å². The van der Waals surface area contributed by atoms with Crippen LogP contribution in [0.3, 0.4) is 0 Å². The van der Waals surface area contributed by atoms with E-state index in [9.17, 15) is 5.26 Å². The van der Waals surface area contributed by atoms with Crippen LogP contribution >= 0.6 is 0 Å². The second-order valence-corrected chi connectivity index (χ2v) is 9.51. The average Bonchev–Trinajstić information content (AvgIpc) is 3.33. The molecule has 1 aliphatic carbocycles. The molecule has 1 aliphatic rings. The molecule has 0 bridgehead atoms. The summed E-state index contributed by atoms with van der Waals surface area (Å²) in [6, 6.07) is 44.0. The van der Waals surface area contributed by atoms with Crippen molar-refractivity contribution in [1.82, 2.24) is 0 Å². The quantitative estimate of drug-likeness (QED) is 0.231. The van der Waals surface area contributed by atoms with Crippen molar-refractivity contribution in [2.24, 2.45) is 0 Å². The van der Waals surface area contributed by atoms with Gasteiger partial charge in [-0.1, -0.05) is 109 Å². The van der Waals surface area contributed by atoms with Crippen molar-refractivity contribution in [2.45, 2.75) is 0 Å². The zero-order valence-electron chi connectivity index (χ0n) is 20.4. The summed E-state index contributed by atoms with van der Waals surface area (Å²) < 4.78 is 0. The molecule has 6 aromatic rings. The van der Waals surface area contributed by atoms with E-state index in [-0.39, 0.29) is 0 Å². The zero-order valence-corrected chi connectivity index (χ0v) is 20.4. The highest BCUT2D eigenvalue weighted by atomic mass is 14.6. The lowest BCUT2D eigenvalue weighted by molar-refractivity contribution is 1.48. The largest absolute Gasteiger partial charge is 0.238 e. The van der Waals surface area contributed by atoms with Crippen molar-refractivity contribution in [1.29, 1.82) is 5.26 Å². The van der Waals surface area contributed by atoms with Crippen LogP contribution in [0.2, 0.25) is 0 Å². The van der Waals surface area contributed by atoms with Crippen molar-refractivity contribution < 1.29 is 0 Å². The van der Waals surface area contributed by atoms with Crippen LogP contribution in [0.5, 0.6) is 0 Å². The van der Waals surface area contributed by atoms with Crippen molar-refractivity contribution in [3.63, 3.8) is 0 Å². The Kier molecular flexibility index (Phi) is 4.93. The Hall–Kier alpha value is -5.44. The zero-order chi connectivity index (χ0) is 25.6. The topological polar surface area (TPSA) is 28.1 Å². The first-order chi connectivity index (χ1) is 18.8. The maximum Gasteiger partial charge on any atom is 0.187 e. The van der Waals surface area contributed by atoms with Gasteiger partial charge in [0, 0.05) is 0 Å². The third-order valence-electron chi connectivity index (χ3n) is 7.50. The molecule has 0 atom stereocenters. The van der Waals surface area contributed by atoms with Crippen LogP contribution in [-0.4, -0.2) is 0 Å². The molecule has 0 unspecified atom stereocenters. The molecule has 7 rings (SSSR count). The van der Waals surface area contributed by atoms with Crippen LogP contribution in [0.15, 0.2) is 121 Å². The SMILES string of the molecule is [C-]#[N+]c1ccc(-c2ccc(-c3ccc(C#N)cc3)c3c2-c2cccc4c(-c5ccccc5)ccc-3c24)cc1. The standard InChI is InChI=1S/C36H20N2/c1-38-27-16-14-26(15-17-27)30-20-19-29(25-12-10-23(22-37)11-13-25)36-33-21-18-28(24-6-3-2-4-7-24)31-8-5-9-32(34(31)33)35(30)36/h2-21H. The molecule has 0 amide bonds. The minimum absolute atomic E-state index is 0.637. The molecule has 0 aromatic heterocycles. The highest BCUT2D eigenvalue weighted by Gasteiger charge is 2.28. The van der Waals surface area contributed by atoms with Gasteiger partial charge in [0.05, 0.1) is 18.2 Å². The number of hydrogen-bond acceptors (Lipinski definition) is 1. The summed E-state index contributed by atoms with van der Waals surface area (Å²) in [5.74, 6) is 0. The smallest absolute Gasteiger partial charge is 0.187 e. The number of fused-ring (bicyclic) bond motifs is 3. The molecule has 0 spiro atoms. The van der Waals surface area contributed by atoms with E-state index in [1.54, 1.807) is 0 Å². The average molecular weight is 481 g/mol. The summed E-state index contributed by atoms with van der Waals surface area (Å²) in [5.41, 5.74) is 13.1. The first kappa shape index (κ1) is 21.8. The fourth-order valence-corrected chi connectivity index (χ4v) is 5.78. The minimum Gasteiger partial charge on any atom is -0.238 e. The second kappa shape index (κ2) is 8.59. The van der Waals surface area contributed by atoms with Gasteiger partial charge >= 0.3 is 0 Å². The van der Waals surface area contributed by atoms with E-state index in [2.05, 4.69) is 83.7 Å². The Bertz CT molecular complexity index is 1860. The Morgan fingerprint density at radius 3 is 1.68 bits per heavy atom. The van der Waals surface area contributed by atoms with Gasteiger partial charge in [0.15, 0.2) is 5.69 Å². The third kappa shape index (κ3) is 3.26. The van der Waals surface area contributed by atoms with E-state index in [1.165, 1.54) is 44.2 Å². The summed E-state index contributed by atoms with van der Waals surface area (Å²) >= 11 is 0. The number of nitrogens with zero attached hydrogens (tertiary/aromatic N) is 2. The Labute approximate surface area is 221 Å². The summed E-state index contributed by atoms with van der Waals surface area (Å²) in [4.78, 5) is 3.58. The number of nitriles is 1. The second-order valence-electron chi connectivity index (χ2n) is 9.51.